The number of alkyl halides is 5. The molecule has 0 radical (unpaired) electrons. The molecule has 2 atom stereocenters. The summed E-state index contributed by atoms with van der Waals surface area (Å²) in [6.07, 6.45) is -2.16. The van der Waals surface area contributed by atoms with Crippen molar-refractivity contribution < 1.29 is 41.0 Å². The van der Waals surface area contributed by atoms with Gasteiger partial charge < -0.3 is 14.0 Å². The summed E-state index contributed by atoms with van der Waals surface area (Å²) >= 11 is 0. The van der Waals surface area contributed by atoms with E-state index in [0.717, 1.165) is 32.1 Å². The van der Waals surface area contributed by atoms with Gasteiger partial charge in [0.2, 0.25) is 5.60 Å². The Hall–Kier alpha value is -2.91. The van der Waals surface area contributed by atoms with E-state index in [1.54, 1.807) is 12.1 Å². The Morgan fingerprint density at radius 1 is 1.05 bits per heavy atom. The van der Waals surface area contributed by atoms with Gasteiger partial charge in [0, 0.05) is 29.2 Å². The van der Waals surface area contributed by atoms with Crippen molar-refractivity contribution in [3.05, 3.63) is 46.7 Å². The predicted molar refractivity (Wildman–Crippen MR) is 131 cm³/mol. The van der Waals surface area contributed by atoms with Gasteiger partial charge in [0.15, 0.2) is 0 Å². The highest BCUT2D eigenvalue weighted by Gasteiger charge is 2.81. The van der Waals surface area contributed by atoms with Gasteiger partial charge in [-0.1, -0.05) is 23.8 Å². The number of carbonyl (C=O) groups excluding carboxylic acids is 2. The van der Waals surface area contributed by atoms with Gasteiger partial charge in [0.05, 0.1) is 12.2 Å². The number of nitrogens with zero attached hydrogens (tertiary/aromatic N) is 1. The number of aromatic nitrogens is 1. The van der Waals surface area contributed by atoms with Crippen LogP contribution in [0.25, 0.3) is 10.9 Å². The molecule has 1 aliphatic heterocycles. The second-order valence-electron chi connectivity index (χ2n) is 11.6. The van der Waals surface area contributed by atoms with Crippen molar-refractivity contribution in [2.24, 2.45) is 36.6 Å². The van der Waals surface area contributed by atoms with Crippen LogP contribution in [0.5, 0.6) is 0 Å². The Balaban J connectivity index is 1.70. The number of hydrogen-bond donors (Lipinski definition) is 0. The number of carbonyl (C=O) groups is 2. The summed E-state index contributed by atoms with van der Waals surface area (Å²) in [5.74, 6) is -9.93. The summed E-state index contributed by atoms with van der Waals surface area (Å²) in [6, 6.07) is 6.14. The summed E-state index contributed by atoms with van der Waals surface area (Å²) in [7, 11) is 1.54. The number of para-hydroxylation sites is 1. The maximum Gasteiger partial charge on any atom is 0.458 e. The number of allylic oxidation sites excluding steroid dienone is 1. The van der Waals surface area contributed by atoms with Crippen molar-refractivity contribution in [1.29, 1.82) is 0 Å². The van der Waals surface area contributed by atoms with E-state index < -0.39 is 41.1 Å². The van der Waals surface area contributed by atoms with Gasteiger partial charge in [-0.05, 0) is 75.7 Å². The van der Waals surface area contributed by atoms with Crippen LogP contribution in [-0.2, 0) is 31.7 Å². The average molecular weight is 552 g/mol. The van der Waals surface area contributed by atoms with Gasteiger partial charge >= 0.3 is 24.0 Å². The molecule has 0 spiro atoms. The highest BCUT2D eigenvalue weighted by Crippen LogP contribution is 2.65. The zero-order chi connectivity index (χ0) is 28.1. The normalized spacial score (nSPS) is 32.3. The van der Waals surface area contributed by atoms with E-state index >= 15 is 8.78 Å². The predicted octanol–water partition coefficient (Wildman–Crippen LogP) is 6.37. The van der Waals surface area contributed by atoms with E-state index in [4.69, 9.17) is 9.47 Å². The zero-order valence-electron chi connectivity index (χ0n) is 21.9. The summed E-state index contributed by atoms with van der Waals surface area (Å²) in [5, 5.41) is 0.0554. The van der Waals surface area contributed by atoms with Gasteiger partial charge in [-0.3, -0.25) is 4.79 Å². The molecule has 7 rings (SSSR count). The third-order valence-electron chi connectivity index (χ3n) is 9.61. The lowest BCUT2D eigenvalue weighted by Gasteiger charge is -2.52. The van der Waals surface area contributed by atoms with E-state index in [9.17, 15) is 22.8 Å². The Morgan fingerprint density at radius 3 is 2.21 bits per heavy atom. The van der Waals surface area contributed by atoms with Crippen molar-refractivity contribution in [2.45, 2.75) is 63.7 Å². The number of halogens is 5. The van der Waals surface area contributed by atoms with E-state index in [1.807, 2.05) is 0 Å². The Morgan fingerprint density at radius 2 is 1.64 bits per heavy atom. The van der Waals surface area contributed by atoms with Crippen LogP contribution in [0.4, 0.5) is 22.0 Å². The average Bonchev–Trinajstić information content (AvgIpc) is 3.30. The molecule has 5 aliphatic rings. The zero-order valence-corrected chi connectivity index (χ0v) is 21.9. The number of aryl methyl sites for hydroxylation is 1. The standard InChI is InChI=1S/C29H30F5NO4/c1-4-38-26(37)24-22(21-17-10-15-9-16(12-17)13-18(21)11-15)25(36)39-27(24,28(30,31)29(32,33)34)23-14(2)35(3)20-8-6-5-7-19(20)23/h5-8,15-18,24H,4,9-13H2,1-3H3/t15?,16?,17?,18?,24-,27-/m0/s1. The Labute approximate surface area is 222 Å². The highest BCUT2D eigenvalue weighted by atomic mass is 19.4. The van der Waals surface area contributed by atoms with Gasteiger partial charge in [-0.25, -0.2) is 4.79 Å². The van der Waals surface area contributed by atoms with E-state index in [1.165, 1.54) is 37.6 Å². The van der Waals surface area contributed by atoms with Gasteiger partial charge in [0.25, 0.3) is 0 Å². The van der Waals surface area contributed by atoms with Crippen LogP contribution < -0.4 is 0 Å². The molecule has 5 nitrogen and oxygen atoms in total. The summed E-state index contributed by atoms with van der Waals surface area (Å²) in [4.78, 5) is 27.4. The first-order valence-corrected chi connectivity index (χ1v) is 13.5. The minimum absolute atomic E-state index is 0.0403. The smallest absolute Gasteiger partial charge is 0.458 e. The molecule has 4 aliphatic carbocycles. The fourth-order valence-corrected chi connectivity index (χ4v) is 8.30. The summed E-state index contributed by atoms with van der Waals surface area (Å²) in [5.41, 5.74) is -3.60. The van der Waals surface area contributed by atoms with Crippen molar-refractivity contribution >= 4 is 22.8 Å². The molecular weight excluding hydrogens is 521 g/mol. The van der Waals surface area contributed by atoms with Crippen LogP contribution in [0.2, 0.25) is 0 Å². The summed E-state index contributed by atoms with van der Waals surface area (Å²) < 4.78 is 87.7. The molecule has 1 aromatic carbocycles. The van der Waals surface area contributed by atoms with Gasteiger partial charge in [-0.2, -0.15) is 22.0 Å². The van der Waals surface area contributed by atoms with Crippen molar-refractivity contribution in [2.75, 3.05) is 6.61 Å². The van der Waals surface area contributed by atoms with Crippen LogP contribution in [0.1, 0.15) is 50.3 Å². The third kappa shape index (κ3) is 3.41. The molecule has 0 unspecified atom stereocenters. The molecule has 1 saturated heterocycles. The Bertz CT molecular complexity index is 1380. The largest absolute Gasteiger partial charge is 0.465 e. The minimum Gasteiger partial charge on any atom is -0.465 e. The quantitative estimate of drug-likeness (QED) is 0.252. The lowest BCUT2D eigenvalue weighted by atomic mass is 9.52. The maximum absolute atomic E-state index is 16.2. The van der Waals surface area contributed by atoms with Crippen molar-refractivity contribution in [3.63, 3.8) is 0 Å². The minimum atomic E-state index is -6.13. The second-order valence-corrected chi connectivity index (χ2v) is 11.6. The number of benzene rings is 1. The SMILES string of the molecule is CCOC(=O)[C@@H]1C(=C2C3CC4CC(C3)CC2C4)C(=O)O[C@]1(c1c(C)n(C)c2ccccc12)C(F)(F)C(F)(F)F. The summed E-state index contributed by atoms with van der Waals surface area (Å²) in [6.45, 7) is 2.58. The molecular formula is C29H30F5NO4. The van der Waals surface area contributed by atoms with Crippen LogP contribution in [-0.4, -0.2) is 35.2 Å². The van der Waals surface area contributed by atoms with Crippen molar-refractivity contribution in [1.82, 2.24) is 4.57 Å². The third-order valence-corrected chi connectivity index (χ3v) is 9.61. The van der Waals surface area contributed by atoms with Crippen LogP contribution in [0, 0.1) is 36.5 Å². The maximum atomic E-state index is 16.2. The van der Waals surface area contributed by atoms with E-state index in [-0.39, 0.29) is 35.1 Å². The molecule has 10 heteroatoms. The number of esters is 2. The van der Waals surface area contributed by atoms with Crippen LogP contribution >= 0.6 is 0 Å². The molecule has 0 amide bonds. The first-order valence-electron chi connectivity index (χ1n) is 13.5. The fraction of sp³-hybridized carbons (Fsp3) is 0.586. The molecule has 0 N–H and O–H groups in total. The monoisotopic (exact) mass is 551 g/mol. The number of ether oxygens (including phenoxy) is 2. The van der Waals surface area contributed by atoms with Crippen molar-refractivity contribution in [3.8, 4) is 0 Å². The van der Waals surface area contributed by atoms with Crippen LogP contribution in [0.15, 0.2) is 35.4 Å². The number of rotatable bonds is 4. The fourth-order valence-electron chi connectivity index (χ4n) is 8.30. The molecule has 2 aromatic rings. The molecule has 1 aromatic heterocycles. The van der Waals surface area contributed by atoms with Crippen LogP contribution in [0.3, 0.4) is 0 Å². The molecule has 2 heterocycles. The molecule has 4 bridgehead atoms. The lowest BCUT2D eigenvalue weighted by Crippen LogP contribution is -2.60. The highest BCUT2D eigenvalue weighted by molar-refractivity contribution is 6.02. The number of cyclic esters (lactones) is 1. The molecule has 5 fully saturated rings. The first-order chi connectivity index (χ1) is 18.3. The molecule has 39 heavy (non-hydrogen) atoms. The Kier molecular flexibility index (Phi) is 5.77. The topological polar surface area (TPSA) is 57.5 Å². The molecule has 4 saturated carbocycles. The number of fused-ring (bicyclic) bond motifs is 1. The van der Waals surface area contributed by atoms with E-state index in [0.29, 0.717) is 22.9 Å². The van der Waals surface area contributed by atoms with E-state index in [2.05, 4.69) is 0 Å². The second kappa shape index (κ2) is 8.54. The number of hydrogen-bond acceptors (Lipinski definition) is 4. The van der Waals surface area contributed by atoms with Gasteiger partial charge in [0.1, 0.15) is 5.92 Å². The lowest BCUT2D eigenvalue weighted by molar-refractivity contribution is -0.348. The first kappa shape index (κ1) is 26.3. The van der Waals surface area contributed by atoms with Gasteiger partial charge in [-0.15, -0.1) is 0 Å². The molecule has 210 valence electrons.